The Morgan fingerprint density at radius 2 is 2.11 bits per heavy atom. The number of nitrogens with one attached hydrogen (secondary N) is 1. The van der Waals surface area contributed by atoms with Crippen LogP contribution in [0, 0.1) is 11.3 Å². The van der Waals surface area contributed by atoms with Gasteiger partial charge in [-0.15, -0.1) is 11.3 Å². The molecule has 1 heterocycles. The molecule has 102 valence electrons. The van der Waals surface area contributed by atoms with Crippen LogP contribution in [0.15, 0.2) is 14.3 Å². The molecule has 4 heteroatoms. The van der Waals surface area contributed by atoms with Crippen LogP contribution in [0.4, 0.5) is 0 Å². The van der Waals surface area contributed by atoms with Crippen molar-refractivity contribution in [1.29, 1.82) is 0 Å². The van der Waals surface area contributed by atoms with Gasteiger partial charge in [0.05, 0.1) is 3.79 Å². The van der Waals surface area contributed by atoms with Crippen molar-refractivity contribution in [2.45, 2.75) is 45.6 Å². The number of rotatable bonds is 3. The van der Waals surface area contributed by atoms with Crippen LogP contribution in [0.5, 0.6) is 0 Å². The van der Waals surface area contributed by atoms with E-state index >= 15 is 0 Å². The predicted molar refractivity (Wildman–Crippen MR) is 87.3 cm³/mol. The second-order valence-corrected chi connectivity index (χ2v) is 9.13. The van der Waals surface area contributed by atoms with Crippen molar-refractivity contribution in [2.75, 3.05) is 7.05 Å². The summed E-state index contributed by atoms with van der Waals surface area (Å²) in [6.45, 7) is 4.86. The first-order valence-electron chi connectivity index (χ1n) is 6.57. The molecule has 1 aromatic heterocycles. The fraction of sp³-hybridized carbons (Fsp3) is 0.714. The van der Waals surface area contributed by atoms with Crippen LogP contribution in [-0.4, -0.2) is 7.05 Å². The van der Waals surface area contributed by atoms with E-state index in [1.807, 2.05) is 11.3 Å². The van der Waals surface area contributed by atoms with Crippen molar-refractivity contribution in [3.05, 3.63) is 19.2 Å². The Morgan fingerprint density at radius 3 is 2.61 bits per heavy atom. The second kappa shape index (κ2) is 5.94. The van der Waals surface area contributed by atoms with E-state index in [-0.39, 0.29) is 0 Å². The monoisotopic (exact) mass is 393 g/mol. The molecule has 0 aromatic carbocycles. The molecular formula is C14H21Br2NS. The largest absolute Gasteiger partial charge is 0.312 e. The summed E-state index contributed by atoms with van der Waals surface area (Å²) >= 11 is 9.06. The van der Waals surface area contributed by atoms with Crippen LogP contribution in [0.1, 0.15) is 50.4 Å². The van der Waals surface area contributed by atoms with E-state index in [0.717, 1.165) is 5.92 Å². The molecule has 1 fully saturated rings. The Labute approximate surface area is 131 Å². The number of hydrogen-bond acceptors (Lipinski definition) is 2. The van der Waals surface area contributed by atoms with Crippen molar-refractivity contribution in [3.63, 3.8) is 0 Å². The average molecular weight is 395 g/mol. The molecule has 0 aliphatic heterocycles. The van der Waals surface area contributed by atoms with Gasteiger partial charge in [0.2, 0.25) is 0 Å². The number of thiophene rings is 1. The van der Waals surface area contributed by atoms with Gasteiger partial charge in [-0.25, -0.2) is 0 Å². The fourth-order valence-electron chi connectivity index (χ4n) is 3.20. The quantitative estimate of drug-likeness (QED) is 0.687. The van der Waals surface area contributed by atoms with Gasteiger partial charge in [0.1, 0.15) is 0 Å². The average Bonchev–Trinajstić information content (AvgIpc) is 2.62. The van der Waals surface area contributed by atoms with Crippen LogP contribution in [0.3, 0.4) is 0 Å². The van der Waals surface area contributed by atoms with Crippen LogP contribution in [0.2, 0.25) is 0 Å². The Kier molecular flexibility index (Phi) is 4.96. The summed E-state index contributed by atoms with van der Waals surface area (Å²) in [6.07, 6.45) is 5.45. The highest BCUT2D eigenvalue weighted by Crippen LogP contribution is 2.48. The van der Waals surface area contributed by atoms with Gasteiger partial charge in [-0.2, -0.15) is 0 Å². The molecule has 1 aliphatic rings. The number of hydrogen-bond donors (Lipinski definition) is 1. The molecule has 0 bridgehead atoms. The van der Waals surface area contributed by atoms with Crippen molar-refractivity contribution in [3.8, 4) is 0 Å². The Morgan fingerprint density at radius 1 is 1.39 bits per heavy atom. The standard InChI is InChI=1S/C14H21Br2NS/c1-14(2)7-5-4-6-9(14)12(17-3)11-8-10(15)13(16)18-11/h8-9,12,17H,4-7H2,1-3H3. The Balaban J connectivity index is 2.27. The maximum Gasteiger partial charge on any atom is 0.0843 e. The van der Waals surface area contributed by atoms with E-state index in [1.165, 1.54) is 38.8 Å². The molecular weight excluding hydrogens is 374 g/mol. The van der Waals surface area contributed by atoms with Gasteiger partial charge in [-0.1, -0.05) is 26.7 Å². The molecule has 2 atom stereocenters. The highest BCUT2D eigenvalue weighted by atomic mass is 79.9. The van der Waals surface area contributed by atoms with Gasteiger partial charge in [-0.05, 0) is 69.1 Å². The molecule has 0 saturated heterocycles. The molecule has 0 amide bonds. The first-order chi connectivity index (χ1) is 8.45. The number of halogens is 2. The van der Waals surface area contributed by atoms with Gasteiger partial charge < -0.3 is 5.32 Å². The van der Waals surface area contributed by atoms with Gasteiger partial charge >= 0.3 is 0 Å². The molecule has 1 aliphatic carbocycles. The third-order valence-corrected chi connectivity index (χ3v) is 7.61. The maximum absolute atomic E-state index is 3.61. The Bertz CT molecular complexity index is 394. The molecule has 0 spiro atoms. The van der Waals surface area contributed by atoms with Gasteiger partial charge in [0, 0.05) is 15.4 Å². The fourth-order valence-corrected chi connectivity index (χ4v) is 5.46. The minimum absolute atomic E-state index is 0.439. The van der Waals surface area contributed by atoms with Crippen molar-refractivity contribution >= 4 is 43.2 Å². The molecule has 1 nitrogen and oxygen atoms in total. The lowest BCUT2D eigenvalue weighted by Crippen LogP contribution is -2.37. The first-order valence-corrected chi connectivity index (χ1v) is 8.98. The van der Waals surface area contributed by atoms with Crippen LogP contribution < -0.4 is 5.32 Å². The second-order valence-electron chi connectivity index (χ2n) is 5.88. The van der Waals surface area contributed by atoms with Crippen LogP contribution in [-0.2, 0) is 0 Å². The summed E-state index contributed by atoms with van der Waals surface area (Å²) in [7, 11) is 2.09. The molecule has 1 saturated carbocycles. The van der Waals surface area contributed by atoms with Gasteiger partial charge in [0.15, 0.2) is 0 Å². The highest BCUT2D eigenvalue weighted by molar-refractivity contribution is 9.13. The first kappa shape index (κ1) is 15.0. The van der Waals surface area contributed by atoms with Crippen LogP contribution in [0.25, 0.3) is 0 Å². The van der Waals surface area contributed by atoms with E-state index in [4.69, 9.17) is 0 Å². The van der Waals surface area contributed by atoms with Crippen molar-refractivity contribution < 1.29 is 0 Å². The van der Waals surface area contributed by atoms with Crippen LogP contribution >= 0.6 is 43.2 Å². The zero-order chi connectivity index (χ0) is 13.3. The van der Waals surface area contributed by atoms with Gasteiger partial charge in [0.25, 0.3) is 0 Å². The minimum atomic E-state index is 0.439. The molecule has 1 aromatic rings. The van der Waals surface area contributed by atoms with E-state index < -0.39 is 0 Å². The summed E-state index contributed by atoms with van der Waals surface area (Å²) in [5, 5.41) is 3.55. The molecule has 18 heavy (non-hydrogen) atoms. The minimum Gasteiger partial charge on any atom is -0.312 e. The lowest BCUT2D eigenvalue weighted by Gasteiger charge is -2.43. The zero-order valence-electron chi connectivity index (χ0n) is 11.2. The van der Waals surface area contributed by atoms with Gasteiger partial charge in [-0.3, -0.25) is 0 Å². The van der Waals surface area contributed by atoms with E-state index in [9.17, 15) is 0 Å². The lowest BCUT2D eigenvalue weighted by atomic mass is 9.65. The molecule has 2 rings (SSSR count). The lowest BCUT2D eigenvalue weighted by molar-refractivity contribution is 0.102. The summed E-state index contributed by atoms with van der Waals surface area (Å²) in [5.41, 5.74) is 0.439. The smallest absolute Gasteiger partial charge is 0.0843 e. The SMILES string of the molecule is CNC(c1cc(Br)c(Br)s1)C1CCCCC1(C)C. The van der Waals surface area contributed by atoms with E-state index in [2.05, 4.69) is 64.1 Å². The van der Waals surface area contributed by atoms with Crippen molar-refractivity contribution in [1.82, 2.24) is 5.32 Å². The third kappa shape index (κ3) is 3.02. The summed E-state index contributed by atoms with van der Waals surface area (Å²) in [6, 6.07) is 2.74. The molecule has 1 N–H and O–H groups in total. The summed E-state index contributed by atoms with van der Waals surface area (Å²) in [5.74, 6) is 0.730. The summed E-state index contributed by atoms with van der Waals surface area (Å²) < 4.78 is 2.38. The molecule has 0 radical (unpaired) electrons. The predicted octanol–water partition coefficient (Wildman–Crippen LogP) is 5.75. The highest BCUT2D eigenvalue weighted by Gasteiger charge is 2.38. The zero-order valence-corrected chi connectivity index (χ0v) is 15.2. The van der Waals surface area contributed by atoms with Crippen molar-refractivity contribution in [2.24, 2.45) is 11.3 Å². The maximum atomic E-state index is 3.61. The molecule has 2 unspecified atom stereocenters. The Hall–Kier alpha value is 0.620. The summed E-state index contributed by atoms with van der Waals surface area (Å²) in [4.78, 5) is 1.44. The third-order valence-electron chi connectivity index (χ3n) is 4.27. The topological polar surface area (TPSA) is 12.0 Å². The van der Waals surface area contributed by atoms with E-state index in [0.29, 0.717) is 11.5 Å². The van der Waals surface area contributed by atoms with E-state index in [1.54, 1.807) is 0 Å². The normalized spacial score (nSPS) is 25.1.